The summed E-state index contributed by atoms with van der Waals surface area (Å²) >= 11 is 0. The van der Waals surface area contributed by atoms with Gasteiger partial charge in [0.1, 0.15) is 0 Å². The van der Waals surface area contributed by atoms with Crippen molar-refractivity contribution >= 4 is 0 Å². The van der Waals surface area contributed by atoms with Crippen LogP contribution >= 0.6 is 0 Å². The Morgan fingerprint density at radius 3 is 2.18 bits per heavy atom. The summed E-state index contributed by atoms with van der Waals surface area (Å²) in [7, 11) is 0. The first-order valence-electron chi connectivity index (χ1n) is 4.60. The second-order valence-corrected chi connectivity index (χ2v) is 4.37. The van der Waals surface area contributed by atoms with Crippen LogP contribution in [0.3, 0.4) is 0 Å². The highest BCUT2D eigenvalue weighted by molar-refractivity contribution is 4.72. The monoisotopic (exact) mass is 154 g/mol. The molecule has 0 bridgehead atoms. The van der Waals surface area contributed by atoms with Gasteiger partial charge in [-0.3, -0.25) is 0 Å². The lowest BCUT2D eigenvalue weighted by molar-refractivity contribution is 0.271. The first kappa shape index (κ1) is 11.0. The number of hydrogen-bond donors (Lipinski definition) is 0. The first-order chi connectivity index (χ1) is 5.02. The Balaban J connectivity index is 3.64. The van der Waals surface area contributed by atoms with E-state index in [1.54, 1.807) is 0 Å². The maximum Gasteiger partial charge on any atom is -0.0352 e. The Labute approximate surface area is 72.4 Å². The maximum atomic E-state index is 3.95. The molecule has 0 heterocycles. The van der Waals surface area contributed by atoms with Crippen LogP contribution in [0.25, 0.3) is 0 Å². The van der Waals surface area contributed by atoms with Gasteiger partial charge in [0.15, 0.2) is 0 Å². The van der Waals surface area contributed by atoms with Crippen molar-refractivity contribution in [3.05, 3.63) is 13.8 Å². The fourth-order valence-corrected chi connectivity index (χ4v) is 1.50. The van der Waals surface area contributed by atoms with Gasteiger partial charge in [0.05, 0.1) is 0 Å². The van der Waals surface area contributed by atoms with Crippen LogP contribution in [0.5, 0.6) is 0 Å². The third kappa shape index (κ3) is 5.29. The second kappa shape index (κ2) is 4.79. The molecule has 0 aromatic heterocycles. The smallest absolute Gasteiger partial charge is 0.0352 e. The molecule has 0 fully saturated rings. The van der Waals surface area contributed by atoms with E-state index in [-0.39, 0.29) is 0 Å². The average molecular weight is 154 g/mol. The van der Waals surface area contributed by atoms with Gasteiger partial charge < -0.3 is 0 Å². The zero-order valence-electron chi connectivity index (χ0n) is 8.32. The summed E-state index contributed by atoms with van der Waals surface area (Å²) in [6.07, 6.45) is 4.64. The Hall–Kier alpha value is 0. The second-order valence-electron chi connectivity index (χ2n) is 4.37. The van der Waals surface area contributed by atoms with Gasteiger partial charge in [0.2, 0.25) is 0 Å². The lowest BCUT2D eigenvalue weighted by Gasteiger charge is -2.26. The summed E-state index contributed by atoms with van der Waals surface area (Å²) in [5.41, 5.74) is 0.425. The molecule has 0 rings (SSSR count). The molecule has 0 aliphatic rings. The Bertz CT molecular complexity index is 92.2. The van der Waals surface area contributed by atoms with Gasteiger partial charge in [-0.2, -0.15) is 0 Å². The largest absolute Gasteiger partial charge is 0.0625 e. The summed E-state index contributed by atoms with van der Waals surface area (Å²) in [6.45, 7) is 14.7. The SMILES string of the molecule is [CH2]CCC(C)CC(C)(C)C[CH2]. The normalized spacial score (nSPS) is 15.0. The number of rotatable bonds is 5. The van der Waals surface area contributed by atoms with E-state index >= 15 is 0 Å². The minimum atomic E-state index is 0.425. The van der Waals surface area contributed by atoms with Crippen LogP contribution < -0.4 is 0 Å². The molecule has 1 unspecified atom stereocenters. The Morgan fingerprint density at radius 2 is 1.82 bits per heavy atom. The highest BCUT2D eigenvalue weighted by atomic mass is 14.2. The summed E-state index contributed by atoms with van der Waals surface area (Å²) in [4.78, 5) is 0. The third-order valence-electron chi connectivity index (χ3n) is 2.27. The highest BCUT2D eigenvalue weighted by Crippen LogP contribution is 2.30. The Kier molecular flexibility index (Phi) is 4.79. The molecular weight excluding hydrogens is 132 g/mol. The molecule has 0 aromatic carbocycles. The molecule has 1 atom stereocenters. The van der Waals surface area contributed by atoms with Crippen LogP contribution in [0, 0.1) is 25.2 Å². The van der Waals surface area contributed by atoms with Crippen molar-refractivity contribution in [3.63, 3.8) is 0 Å². The standard InChI is InChI=1S/C11H22/c1-6-8-10(3)9-11(4,5)7-2/h10H,1-2,6-9H2,3-5H3. The molecule has 0 amide bonds. The van der Waals surface area contributed by atoms with Crippen molar-refractivity contribution in [1.82, 2.24) is 0 Å². The predicted octanol–water partition coefficient (Wildman–Crippen LogP) is 3.88. The summed E-state index contributed by atoms with van der Waals surface area (Å²) in [6, 6.07) is 0. The molecule has 0 spiro atoms. The molecule has 0 aromatic rings. The molecule has 11 heavy (non-hydrogen) atoms. The molecule has 66 valence electrons. The average Bonchev–Trinajstić information content (AvgIpc) is 1.87. The molecule has 0 aliphatic heterocycles. The van der Waals surface area contributed by atoms with E-state index in [0.29, 0.717) is 5.41 Å². The van der Waals surface area contributed by atoms with Gasteiger partial charge in [0, 0.05) is 0 Å². The molecule has 0 heteroatoms. The lowest BCUT2D eigenvalue weighted by atomic mass is 9.80. The zero-order valence-corrected chi connectivity index (χ0v) is 8.32. The van der Waals surface area contributed by atoms with Gasteiger partial charge >= 0.3 is 0 Å². The number of hydrogen-bond acceptors (Lipinski definition) is 0. The zero-order chi connectivity index (χ0) is 8.91. The summed E-state index contributed by atoms with van der Waals surface area (Å²) in [5.74, 6) is 0.809. The minimum absolute atomic E-state index is 0.425. The predicted molar refractivity (Wildman–Crippen MR) is 52.1 cm³/mol. The van der Waals surface area contributed by atoms with E-state index in [1.807, 2.05) is 0 Å². The molecule has 0 saturated carbocycles. The molecular formula is C11H22. The quantitative estimate of drug-likeness (QED) is 0.564. The van der Waals surface area contributed by atoms with Gasteiger partial charge in [-0.25, -0.2) is 0 Å². The minimum Gasteiger partial charge on any atom is -0.0625 e. The van der Waals surface area contributed by atoms with Gasteiger partial charge in [-0.05, 0) is 24.2 Å². The third-order valence-corrected chi connectivity index (χ3v) is 2.27. The van der Waals surface area contributed by atoms with Crippen LogP contribution in [0.1, 0.15) is 46.5 Å². The van der Waals surface area contributed by atoms with Crippen molar-refractivity contribution in [2.75, 3.05) is 0 Å². The van der Waals surface area contributed by atoms with E-state index in [9.17, 15) is 0 Å². The van der Waals surface area contributed by atoms with E-state index in [4.69, 9.17) is 0 Å². The van der Waals surface area contributed by atoms with Crippen LogP contribution in [0.2, 0.25) is 0 Å². The summed E-state index contributed by atoms with van der Waals surface area (Å²) in [5, 5.41) is 0. The van der Waals surface area contributed by atoms with Crippen LogP contribution in [-0.4, -0.2) is 0 Å². The van der Waals surface area contributed by atoms with Crippen molar-refractivity contribution in [3.8, 4) is 0 Å². The fraction of sp³-hybridized carbons (Fsp3) is 0.818. The molecule has 0 N–H and O–H groups in total. The van der Waals surface area contributed by atoms with Crippen LogP contribution in [-0.2, 0) is 0 Å². The van der Waals surface area contributed by atoms with E-state index in [0.717, 1.165) is 18.8 Å². The van der Waals surface area contributed by atoms with E-state index < -0.39 is 0 Å². The lowest BCUT2D eigenvalue weighted by Crippen LogP contribution is -2.14. The van der Waals surface area contributed by atoms with Gasteiger partial charge in [0.25, 0.3) is 0 Å². The molecule has 0 saturated heterocycles. The first-order valence-corrected chi connectivity index (χ1v) is 4.60. The van der Waals surface area contributed by atoms with Crippen molar-refractivity contribution in [1.29, 1.82) is 0 Å². The van der Waals surface area contributed by atoms with E-state index in [2.05, 4.69) is 34.6 Å². The van der Waals surface area contributed by atoms with Crippen LogP contribution in [0.4, 0.5) is 0 Å². The fourth-order valence-electron chi connectivity index (χ4n) is 1.50. The maximum absolute atomic E-state index is 3.95. The molecule has 0 aliphatic carbocycles. The Morgan fingerprint density at radius 1 is 1.27 bits per heavy atom. The molecule has 2 radical (unpaired) electrons. The van der Waals surface area contributed by atoms with Crippen molar-refractivity contribution in [2.24, 2.45) is 11.3 Å². The van der Waals surface area contributed by atoms with Gasteiger partial charge in [-0.15, -0.1) is 0 Å². The van der Waals surface area contributed by atoms with E-state index in [1.165, 1.54) is 12.8 Å². The van der Waals surface area contributed by atoms with Crippen molar-refractivity contribution < 1.29 is 0 Å². The summed E-state index contributed by atoms with van der Waals surface area (Å²) < 4.78 is 0. The molecule has 0 nitrogen and oxygen atoms in total. The van der Waals surface area contributed by atoms with Crippen molar-refractivity contribution in [2.45, 2.75) is 46.5 Å². The van der Waals surface area contributed by atoms with Gasteiger partial charge in [-0.1, -0.05) is 47.5 Å². The highest BCUT2D eigenvalue weighted by Gasteiger charge is 2.17. The topological polar surface area (TPSA) is 0 Å². The van der Waals surface area contributed by atoms with Crippen LogP contribution in [0.15, 0.2) is 0 Å².